The lowest BCUT2D eigenvalue weighted by Gasteiger charge is -2.36. The zero-order valence-electron chi connectivity index (χ0n) is 13.2. The summed E-state index contributed by atoms with van der Waals surface area (Å²) in [4.78, 5) is 14.2. The molecule has 1 aliphatic heterocycles. The number of ether oxygens (including phenoxy) is 1. The van der Waals surface area contributed by atoms with Crippen LogP contribution in [0.25, 0.3) is 0 Å². The highest BCUT2D eigenvalue weighted by atomic mass is 16.6. The number of amides is 1. The van der Waals surface area contributed by atoms with Gasteiger partial charge in [0.25, 0.3) is 0 Å². The van der Waals surface area contributed by atoms with Crippen molar-refractivity contribution in [2.75, 3.05) is 12.3 Å². The molecule has 0 bridgehead atoms. The quantitative estimate of drug-likeness (QED) is 0.930. The number of aryl methyl sites for hydroxylation is 1. The van der Waals surface area contributed by atoms with Gasteiger partial charge >= 0.3 is 6.09 Å². The molecule has 1 amide bonds. The average molecular weight is 294 g/mol. The molecule has 2 N–H and O–H groups in total. The summed E-state index contributed by atoms with van der Waals surface area (Å²) in [5.74, 6) is 0. The SMILES string of the molecule is CC(C)(C)OC(=O)N1CCCC[C@@H]1CCn1cc(N)cn1. The second kappa shape index (κ2) is 6.37. The van der Waals surface area contributed by atoms with Crippen molar-refractivity contribution < 1.29 is 9.53 Å². The standard InChI is InChI=1S/C15H26N4O2/c1-15(2,3)21-14(20)19-8-5-4-6-13(19)7-9-18-11-12(16)10-17-18/h10-11,13H,4-9,16H2,1-3H3/t13-/m1/s1. The van der Waals surface area contributed by atoms with E-state index in [2.05, 4.69) is 5.10 Å². The molecule has 6 heteroatoms. The van der Waals surface area contributed by atoms with Crippen LogP contribution < -0.4 is 5.73 Å². The summed E-state index contributed by atoms with van der Waals surface area (Å²) in [7, 11) is 0. The van der Waals surface area contributed by atoms with E-state index < -0.39 is 5.60 Å². The molecule has 0 aliphatic carbocycles. The van der Waals surface area contributed by atoms with Crippen LogP contribution in [0.15, 0.2) is 12.4 Å². The Labute approximate surface area is 126 Å². The van der Waals surface area contributed by atoms with Crippen molar-refractivity contribution in [2.24, 2.45) is 0 Å². The van der Waals surface area contributed by atoms with Crippen molar-refractivity contribution in [1.29, 1.82) is 0 Å². The van der Waals surface area contributed by atoms with Gasteiger partial charge in [0.15, 0.2) is 0 Å². The van der Waals surface area contributed by atoms with E-state index in [-0.39, 0.29) is 12.1 Å². The Bertz CT molecular complexity index is 478. The van der Waals surface area contributed by atoms with Crippen LogP contribution in [0.1, 0.15) is 46.5 Å². The number of nitrogen functional groups attached to an aromatic ring is 1. The van der Waals surface area contributed by atoms with Crippen LogP contribution in [0.4, 0.5) is 10.5 Å². The van der Waals surface area contributed by atoms with Crippen LogP contribution in [0.3, 0.4) is 0 Å². The zero-order valence-corrected chi connectivity index (χ0v) is 13.2. The first-order valence-electron chi connectivity index (χ1n) is 7.63. The Morgan fingerprint density at radius 1 is 1.48 bits per heavy atom. The van der Waals surface area contributed by atoms with Crippen LogP contribution in [0.2, 0.25) is 0 Å². The number of likely N-dealkylation sites (tertiary alicyclic amines) is 1. The van der Waals surface area contributed by atoms with Crippen LogP contribution in [0.5, 0.6) is 0 Å². The molecule has 6 nitrogen and oxygen atoms in total. The Balaban J connectivity index is 1.93. The molecule has 2 heterocycles. The maximum atomic E-state index is 12.3. The number of hydrogen-bond donors (Lipinski definition) is 1. The third-order valence-electron chi connectivity index (χ3n) is 3.60. The Hall–Kier alpha value is -1.72. The molecule has 0 unspecified atom stereocenters. The summed E-state index contributed by atoms with van der Waals surface area (Å²) in [5.41, 5.74) is 5.88. The first-order chi connectivity index (χ1) is 9.85. The highest BCUT2D eigenvalue weighted by Crippen LogP contribution is 2.23. The van der Waals surface area contributed by atoms with E-state index in [1.807, 2.05) is 36.5 Å². The van der Waals surface area contributed by atoms with Crippen molar-refractivity contribution >= 4 is 11.8 Å². The molecule has 0 spiro atoms. The zero-order chi connectivity index (χ0) is 15.5. The first kappa shape index (κ1) is 15.7. The summed E-state index contributed by atoms with van der Waals surface area (Å²) >= 11 is 0. The third kappa shape index (κ3) is 4.65. The Morgan fingerprint density at radius 2 is 2.24 bits per heavy atom. The van der Waals surface area contributed by atoms with E-state index in [1.165, 1.54) is 0 Å². The molecule has 0 aromatic carbocycles. The molecule has 2 rings (SSSR count). The molecule has 1 aromatic heterocycles. The van der Waals surface area contributed by atoms with E-state index in [0.717, 1.165) is 38.8 Å². The average Bonchev–Trinajstić information content (AvgIpc) is 2.80. The molecule has 118 valence electrons. The molecule has 1 fully saturated rings. The number of piperidine rings is 1. The molecule has 0 saturated carbocycles. The van der Waals surface area contributed by atoms with Gasteiger partial charge in [-0.15, -0.1) is 0 Å². The van der Waals surface area contributed by atoms with E-state index >= 15 is 0 Å². The summed E-state index contributed by atoms with van der Waals surface area (Å²) in [5, 5.41) is 4.19. The minimum Gasteiger partial charge on any atom is -0.444 e. The fraction of sp³-hybridized carbons (Fsp3) is 0.733. The minimum atomic E-state index is -0.449. The molecular formula is C15H26N4O2. The monoisotopic (exact) mass is 294 g/mol. The van der Waals surface area contributed by atoms with E-state index in [9.17, 15) is 4.79 Å². The summed E-state index contributed by atoms with van der Waals surface area (Å²) in [6, 6.07) is 0.221. The van der Waals surface area contributed by atoms with Crippen LogP contribution in [-0.4, -0.2) is 39.0 Å². The third-order valence-corrected chi connectivity index (χ3v) is 3.60. The maximum absolute atomic E-state index is 12.3. The lowest BCUT2D eigenvalue weighted by molar-refractivity contribution is 0.00827. The molecular weight excluding hydrogens is 268 g/mol. The number of carbonyl (C=O) groups is 1. The second-order valence-corrected chi connectivity index (χ2v) is 6.65. The second-order valence-electron chi connectivity index (χ2n) is 6.65. The van der Waals surface area contributed by atoms with E-state index in [1.54, 1.807) is 6.20 Å². The number of nitrogens with two attached hydrogens (primary N) is 1. The summed E-state index contributed by atoms with van der Waals surface area (Å²) < 4.78 is 7.34. The van der Waals surface area contributed by atoms with Crippen molar-refractivity contribution in [3.63, 3.8) is 0 Å². The molecule has 1 saturated heterocycles. The number of nitrogens with zero attached hydrogens (tertiary/aromatic N) is 3. The van der Waals surface area contributed by atoms with Crippen LogP contribution >= 0.6 is 0 Å². The molecule has 21 heavy (non-hydrogen) atoms. The van der Waals surface area contributed by atoms with Crippen molar-refractivity contribution in [3.05, 3.63) is 12.4 Å². The van der Waals surface area contributed by atoms with Crippen molar-refractivity contribution in [2.45, 2.75) is 64.6 Å². The fourth-order valence-electron chi connectivity index (χ4n) is 2.64. The van der Waals surface area contributed by atoms with Crippen molar-refractivity contribution in [3.8, 4) is 0 Å². The fourth-order valence-corrected chi connectivity index (χ4v) is 2.64. The molecule has 1 aromatic rings. The van der Waals surface area contributed by atoms with Gasteiger partial charge in [-0.25, -0.2) is 4.79 Å². The Morgan fingerprint density at radius 3 is 2.86 bits per heavy atom. The predicted octanol–water partition coefficient (Wildman–Crippen LogP) is 2.65. The van der Waals surface area contributed by atoms with E-state index in [0.29, 0.717) is 5.69 Å². The summed E-state index contributed by atoms with van der Waals surface area (Å²) in [6.07, 6.45) is 7.37. The van der Waals surface area contributed by atoms with Gasteiger partial charge in [-0.3, -0.25) is 4.68 Å². The number of carbonyl (C=O) groups excluding carboxylic acids is 1. The highest BCUT2D eigenvalue weighted by molar-refractivity contribution is 5.68. The predicted molar refractivity (Wildman–Crippen MR) is 81.8 cm³/mol. The highest BCUT2D eigenvalue weighted by Gasteiger charge is 2.30. The van der Waals surface area contributed by atoms with E-state index in [4.69, 9.17) is 10.5 Å². The normalized spacial score (nSPS) is 19.6. The van der Waals surface area contributed by atoms with Crippen LogP contribution in [0, 0.1) is 0 Å². The number of hydrogen-bond acceptors (Lipinski definition) is 4. The number of aromatic nitrogens is 2. The summed E-state index contributed by atoms with van der Waals surface area (Å²) in [6.45, 7) is 7.24. The number of rotatable bonds is 3. The van der Waals surface area contributed by atoms with Crippen LogP contribution in [-0.2, 0) is 11.3 Å². The molecule has 1 aliphatic rings. The lowest BCUT2D eigenvalue weighted by atomic mass is 10.00. The van der Waals surface area contributed by atoms with Gasteiger partial charge in [0.05, 0.1) is 11.9 Å². The minimum absolute atomic E-state index is 0.202. The largest absolute Gasteiger partial charge is 0.444 e. The van der Waals surface area contributed by atoms with Gasteiger partial charge in [-0.1, -0.05) is 0 Å². The molecule has 1 atom stereocenters. The smallest absolute Gasteiger partial charge is 0.410 e. The molecule has 0 radical (unpaired) electrons. The van der Waals surface area contributed by atoms with Gasteiger partial charge in [-0.05, 0) is 46.5 Å². The van der Waals surface area contributed by atoms with Gasteiger partial charge in [0, 0.05) is 25.3 Å². The first-order valence-corrected chi connectivity index (χ1v) is 7.63. The lowest BCUT2D eigenvalue weighted by Crippen LogP contribution is -2.46. The maximum Gasteiger partial charge on any atom is 0.410 e. The van der Waals surface area contributed by atoms with Gasteiger partial charge in [-0.2, -0.15) is 5.10 Å². The van der Waals surface area contributed by atoms with Crippen molar-refractivity contribution in [1.82, 2.24) is 14.7 Å². The van der Waals surface area contributed by atoms with Gasteiger partial charge in [0.2, 0.25) is 0 Å². The Kier molecular flexibility index (Phi) is 4.75. The topological polar surface area (TPSA) is 73.4 Å². The number of anilines is 1. The van der Waals surface area contributed by atoms with Gasteiger partial charge < -0.3 is 15.4 Å². The van der Waals surface area contributed by atoms with Gasteiger partial charge in [0.1, 0.15) is 5.60 Å².